The molecule has 5 heteroatoms. The largest absolute Gasteiger partial charge is 0.463 e. The second kappa shape index (κ2) is 21.3. The lowest BCUT2D eigenvalue weighted by Crippen LogP contribution is -2.01. The molecule has 0 saturated carbocycles. The maximum Gasteiger partial charge on any atom is 0.330 e. The van der Waals surface area contributed by atoms with E-state index in [1.807, 2.05) is 0 Å². The zero-order valence-corrected chi connectivity index (χ0v) is 19.0. The third kappa shape index (κ3) is 22.0. The Bertz CT molecular complexity index is 325. The minimum Gasteiger partial charge on any atom is -0.463 e. The van der Waals surface area contributed by atoms with Crippen LogP contribution in [0.2, 0.25) is 6.04 Å². The lowest BCUT2D eigenvalue weighted by Gasteiger charge is -2.04. The molecule has 0 fully saturated rings. The second-order valence-corrected chi connectivity index (χ2v) is 10.2. The van der Waals surface area contributed by atoms with Gasteiger partial charge < -0.3 is 4.74 Å². The summed E-state index contributed by atoms with van der Waals surface area (Å²) in [6.07, 6.45) is 21.0. The minimum atomic E-state index is -0.308. The molecule has 2 radical (unpaired) electrons. The molecule has 0 amide bonds. The third-order valence-corrected chi connectivity index (χ3v) is 6.41. The molecule has 0 spiro atoms. The summed E-state index contributed by atoms with van der Waals surface area (Å²) in [5.74, 6) is -0.308. The Morgan fingerprint density at radius 2 is 1.15 bits per heavy atom. The number of alkyl halides is 2. The predicted octanol–water partition coefficient (Wildman–Crippen LogP) is 7.45. The van der Waals surface area contributed by atoms with Crippen LogP contribution in [0.5, 0.6) is 0 Å². The fourth-order valence-corrected chi connectivity index (χ4v) is 4.30. The van der Waals surface area contributed by atoms with Crippen molar-refractivity contribution in [2.75, 3.05) is 6.61 Å². The van der Waals surface area contributed by atoms with Crippen LogP contribution in [0.4, 0.5) is 0 Å². The van der Waals surface area contributed by atoms with Crippen LogP contribution in [0.15, 0.2) is 12.7 Å². The van der Waals surface area contributed by atoms with Crippen molar-refractivity contribution >= 4 is 38.7 Å². The van der Waals surface area contributed by atoms with Gasteiger partial charge in [-0.15, -0.1) is 23.2 Å². The molecular weight excluding hydrogens is 383 g/mol. The summed E-state index contributed by atoms with van der Waals surface area (Å²) in [6, 6.07) is 1.19. The molecule has 0 aliphatic rings. The first kappa shape index (κ1) is 26.0. The van der Waals surface area contributed by atoms with Crippen molar-refractivity contribution in [3.8, 4) is 0 Å². The summed E-state index contributed by atoms with van der Waals surface area (Å²) in [5.41, 5.74) is 0. The topological polar surface area (TPSA) is 26.3 Å². The normalized spacial score (nSPS) is 11.0. The first-order valence-electron chi connectivity index (χ1n) is 10.5. The Morgan fingerprint density at radius 1 is 0.769 bits per heavy atom. The van der Waals surface area contributed by atoms with Gasteiger partial charge in [-0.25, -0.2) is 4.79 Å². The highest BCUT2D eigenvalue weighted by atomic mass is 35.5. The molecular formula is C21H38Cl2O2Si. The summed E-state index contributed by atoms with van der Waals surface area (Å²) in [7, 11) is 0.708. The van der Waals surface area contributed by atoms with E-state index in [0.29, 0.717) is 16.1 Å². The number of ether oxygens (including phenoxy) is 1. The molecule has 2 nitrogen and oxygen atoms in total. The average molecular weight is 422 g/mol. The quantitative estimate of drug-likeness (QED) is 0.0671. The Kier molecular flexibility index (Phi) is 21.3. The molecule has 152 valence electrons. The Hall–Kier alpha value is 0.00688. The van der Waals surface area contributed by atoms with Gasteiger partial charge >= 0.3 is 5.97 Å². The van der Waals surface area contributed by atoms with Crippen LogP contribution in [0.1, 0.15) is 96.3 Å². The van der Waals surface area contributed by atoms with Gasteiger partial charge in [0.15, 0.2) is 0 Å². The molecule has 0 rings (SSSR count). The van der Waals surface area contributed by atoms with E-state index in [-0.39, 0.29) is 10.4 Å². The molecule has 26 heavy (non-hydrogen) atoms. The summed E-state index contributed by atoms with van der Waals surface area (Å²) >= 11 is 11.5. The van der Waals surface area contributed by atoms with E-state index in [4.69, 9.17) is 27.9 Å². The molecule has 0 unspecified atom stereocenters. The van der Waals surface area contributed by atoms with Crippen LogP contribution in [0.25, 0.3) is 0 Å². The van der Waals surface area contributed by atoms with Crippen molar-refractivity contribution < 1.29 is 9.53 Å². The van der Waals surface area contributed by atoms with E-state index in [1.165, 1.54) is 95.6 Å². The molecule has 0 aromatic carbocycles. The van der Waals surface area contributed by atoms with Crippen LogP contribution in [0, 0.1) is 0 Å². The molecule has 0 aliphatic heterocycles. The van der Waals surface area contributed by atoms with Gasteiger partial charge in [-0.2, -0.15) is 0 Å². The Labute approximate surface area is 174 Å². The highest BCUT2D eigenvalue weighted by Gasteiger charge is 2.00. The van der Waals surface area contributed by atoms with Crippen LogP contribution >= 0.6 is 23.2 Å². The molecule has 0 aromatic rings. The molecule has 0 saturated heterocycles. The summed E-state index contributed by atoms with van der Waals surface area (Å²) in [4.78, 5) is 10.9. The summed E-state index contributed by atoms with van der Waals surface area (Å²) in [6.45, 7) is 3.92. The lowest BCUT2D eigenvalue weighted by atomic mass is 10.0. The summed E-state index contributed by atoms with van der Waals surface area (Å²) in [5, 5.41) is 0. The standard InChI is InChI=1S/C21H38Cl2O2Si/c1-2-20(24)25-18-16-14-12-10-8-6-4-3-5-7-9-11-13-15-17-19-26-21(22)23/h2,21H,1,3-19H2. The van der Waals surface area contributed by atoms with E-state index in [0.717, 1.165) is 12.8 Å². The number of rotatable bonds is 20. The first-order valence-corrected chi connectivity index (χ1v) is 12.6. The third-order valence-electron chi connectivity index (χ3n) is 4.53. The van der Waals surface area contributed by atoms with E-state index >= 15 is 0 Å². The Balaban J connectivity index is 3.03. The zero-order chi connectivity index (χ0) is 19.3. The Morgan fingerprint density at radius 3 is 1.54 bits per heavy atom. The van der Waals surface area contributed by atoms with Crippen molar-refractivity contribution in [1.29, 1.82) is 0 Å². The highest BCUT2D eigenvalue weighted by Crippen LogP contribution is 2.14. The number of hydrogen-bond donors (Lipinski definition) is 0. The van der Waals surface area contributed by atoms with Gasteiger partial charge in [-0.3, -0.25) is 0 Å². The lowest BCUT2D eigenvalue weighted by molar-refractivity contribution is -0.137. The van der Waals surface area contributed by atoms with Gasteiger partial charge in [-0.1, -0.05) is 103 Å². The van der Waals surface area contributed by atoms with Gasteiger partial charge in [0.1, 0.15) is 0 Å². The maximum atomic E-state index is 10.9. The van der Waals surface area contributed by atoms with Crippen LogP contribution in [-0.4, -0.2) is 26.6 Å². The fourth-order valence-electron chi connectivity index (χ4n) is 2.97. The molecule has 0 heterocycles. The minimum absolute atomic E-state index is 0.149. The molecule has 0 atom stereocenters. The van der Waals surface area contributed by atoms with Crippen LogP contribution in [0.3, 0.4) is 0 Å². The SMILES string of the molecule is C=CC(=O)OCCCCCCCCCCCCCCCCC[Si]C(Cl)Cl. The number of hydrogen-bond acceptors (Lipinski definition) is 2. The van der Waals surface area contributed by atoms with Crippen molar-refractivity contribution in [3.05, 3.63) is 12.7 Å². The van der Waals surface area contributed by atoms with E-state index < -0.39 is 0 Å². The number of halogens is 2. The van der Waals surface area contributed by atoms with Crippen molar-refractivity contribution in [2.45, 2.75) is 107 Å². The molecule has 0 aliphatic carbocycles. The second-order valence-electron chi connectivity index (χ2n) is 6.93. The summed E-state index contributed by atoms with van der Waals surface area (Å²) < 4.78 is 4.81. The number of carbonyl (C=O) groups is 1. The van der Waals surface area contributed by atoms with Gasteiger partial charge in [-0.05, 0) is 6.42 Å². The number of unbranched alkanes of at least 4 members (excludes halogenated alkanes) is 14. The van der Waals surface area contributed by atoms with Gasteiger partial charge in [0.25, 0.3) is 0 Å². The van der Waals surface area contributed by atoms with Crippen LogP contribution < -0.4 is 0 Å². The molecule has 0 aromatic heterocycles. The van der Waals surface area contributed by atoms with Gasteiger partial charge in [0.05, 0.1) is 20.6 Å². The zero-order valence-electron chi connectivity index (χ0n) is 16.5. The van der Waals surface area contributed by atoms with Gasteiger partial charge in [0, 0.05) is 6.08 Å². The maximum absolute atomic E-state index is 10.9. The monoisotopic (exact) mass is 420 g/mol. The fraction of sp³-hybridized carbons (Fsp3) is 0.857. The highest BCUT2D eigenvalue weighted by molar-refractivity contribution is 6.68. The van der Waals surface area contributed by atoms with Crippen LogP contribution in [-0.2, 0) is 9.53 Å². The predicted molar refractivity (Wildman–Crippen MR) is 116 cm³/mol. The first-order chi connectivity index (χ1) is 12.7. The molecule has 0 bridgehead atoms. The molecule has 0 N–H and O–H groups in total. The smallest absolute Gasteiger partial charge is 0.330 e. The number of carbonyl (C=O) groups excluding carboxylic acids is 1. The van der Waals surface area contributed by atoms with Crippen molar-refractivity contribution in [1.82, 2.24) is 0 Å². The van der Waals surface area contributed by atoms with Gasteiger partial charge in [0.2, 0.25) is 0 Å². The van der Waals surface area contributed by atoms with Crippen molar-refractivity contribution in [3.63, 3.8) is 0 Å². The van der Waals surface area contributed by atoms with Crippen molar-refractivity contribution in [2.24, 2.45) is 0 Å². The van der Waals surface area contributed by atoms with E-state index in [2.05, 4.69) is 6.58 Å². The number of esters is 1. The van der Waals surface area contributed by atoms with E-state index in [1.54, 1.807) is 0 Å². The average Bonchev–Trinajstić information content (AvgIpc) is 2.63. The van der Waals surface area contributed by atoms with E-state index in [9.17, 15) is 4.79 Å².